The van der Waals surface area contributed by atoms with Gasteiger partial charge in [-0.25, -0.2) is 4.79 Å². The number of benzene rings is 2. The first-order chi connectivity index (χ1) is 16.0. The lowest BCUT2D eigenvalue weighted by Gasteiger charge is -2.19. The molecule has 0 aromatic heterocycles. The van der Waals surface area contributed by atoms with E-state index in [0.717, 1.165) is 22.3 Å². The van der Waals surface area contributed by atoms with Crippen molar-refractivity contribution in [3.63, 3.8) is 0 Å². The number of fused-ring (bicyclic) bond motifs is 3. The molecule has 2 aliphatic rings. The van der Waals surface area contributed by atoms with Gasteiger partial charge >= 0.3 is 12.1 Å². The molecule has 0 saturated heterocycles. The Morgan fingerprint density at radius 1 is 0.941 bits per heavy atom. The van der Waals surface area contributed by atoms with Crippen molar-refractivity contribution in [2.45, 2.75) is 46.1 Å². The van der Waals surface area contributed by atoms with Crippen LogP contribution < -0.4 is 10.6 Å². The van der Waals surface area contributed by atoms with Crippen LogP contribution in [0.5, 0.6) is 0 Å². The van der Waals surface area contributed by atoms with Crippen LogP contribution in [0.3, 0.4) is 0 Å². The quantitative estimate of drug-likeness (QED) is 0.544. The van der Waals surface area contributed by atoms with Gasteiger partial charge < -0.3 is 20.5 Å². The Bertz CT molecular complexity index is 1060. The van der Waals surface area contributed by atoms with Gasteiger partial charge in [-0.2, -0.15) is 0 Å². The Labute approximate surface area is 199 Å². The maximum absolute atomic E-state index is 12.7. The van der Waals surface area contributed by atoms with E-state index in [1.807, 2.05) is 48.5 Å². The van der Waals surface area contributed by atoms with E-state index in [1.54, 1.807) is 0 Å². The summed E-state index contributed by atoms with van der Waals surface area (Å²) < 4.78 is 5.48. The number of hydrogen-bond acceptors (Lipinski definition) is 4. The van der Waals surface area contributed by atoms with Gasteiger partial charge in [-0.15, -0.1) is 0 Å². The molecule has 0 spiro atoms. The maximum atomic E-state index is 12.7. The lowest BCUT2D eigenvalue weighted by Crippen LogP contribution is -2.48. The summed E-state index contributed by atoms with van der Waals surface area (Å²) in [5.74, 6) is -1.53. The third kappa shape index (κ3) is 4.27. The Morgan fingerprint density at radius 2 is 1.47 bits per heavy atom. The van der Waals surface area contributed by atoms with E-state index in [0.29, 0.717) is 6.54 Å². The molecule has 0 aliphatic heterocycles. The summed E-state index contributed by atoms with van der Waals surface area (Å²) in [5.41, 5.74) is 4.55. The molecule has 1 saturated carbocycles. The van der Waals surface area contributed by atoms with Crippen LogP contribution in [0.2, 0.25) is 0 Å². The van der Waals surface area contributed by atoms with E-state index < -0.39 is 30.4 Å². The zero-order valence-electron chi connectivity index (χ0n) is 20.1. The first kappa shape index (κ1) is 23.8. The number of aliphatic carboxylic acids is 1. The van der Waals surface area contributed by atoms with E-state index in [4.69, 9.17) is 4.74 Å². The monoisotopic (exact) mass is 464 g/mol. The molecule has 3 N–H and O–H groups in total. The third-order valence-electron chi connectivity index (χ3n) is 8.13. The summed E-state index contributed by atoms with van der Waals surface area (Å²) in [5, 5.41) is 14.5. The van der Waals surface area contributed by atoms with Crippen molar-refractivity contribution in [1.29, 1.82) is 0 Å². The predicted octanol–water partition coefficient (Wildman–Crippen LogP) is 4.17. The van der Waals surface area contributed by atoms with Crippen molar-refractivity contribution >= 4 is 18.0 Å². The fourth-order valence-corrected chi connectivity index (χ4v) is 5.34. The van der Waals surface area contributed by atoms with E-state index in [1.165, 1.54) is 0 Å². The fraction of sp³-hybridized carbons (Fsp3) is 0.444. The van der Waals surface area contributed by atoms with Crippen molar-refractivity contribution in [3.8, 4) is 11.1 Å². The molecule has 2 aromatic carbocycles. The molecule has 180 valence electrons. The standard InChI is InChI=1S/C27H32N2O5/c1-26(2)22(27(26,3)4)14-28-24(32)21(13-23(30)31)29-25(33)34-15-20-18-11-7-5-9-16(18)17-10-6-8-12-19(17)20/h5-12,20-22H,13-15H2,1-4H3,(H,28,32)(H,29,33)(H,30,31). The highest BCUT2D eigenvalue weighted by Crippen LogP contribution is 2.67. The summed E-state index contributed by atoms with van der Waals surface area (Å²) in [7, 11) is 0. The predicted molar refractivity (Wildman–Crippen MR) is 128 cm³/mol. The molecule has 1 unspecified atom stereocenters. The summed E-state index contributed by atoms with van der Waals surface area (Å²) in [6, 6.07) is 14.8. The van der Waals surface area contributed by atoms with Gasteiger partial charge in [-0.1, -0.05) is 76.2 Å². The van der Waals surface area contributed by atoms with Crippen LogP contribution in [0.1, 0.15) is 51.2 Å². The number of nitrogens with one attached hydrogen (secondary N) is 2. The van der Waals surface area contributed by atoms with Crippen LogP contribution in [-0.2, 0) is 14.3 Å². The molecule has 2 aliphatic carbocycles. The van der Waals surface area contributed by atoms with Crippen molar-refractivity contribution < 1.29 is 24.2 Å². The number of amides is 2. The van der Waals surface area contributed by atoms with Crippen LogP contribution in [0.15, 0.2) is 48.5 Å². The van der Waals surface area contributed by atoms with Crippen molar-refractivity contribution in [2.24, 2.45) is 16.7 Å². The maximum Gasteiger partial charge on any atom is 0.407 e. The Hall–Kier alpha value is -3.35. The second kappa shape index (κ2) is 8.78. The first-order valence-corrected chi connectivity index (χ1v) is 11.6. The van der Waals surface area contributed by atoms with Crippen LogP contribution in [0.4, 0.5) is 4.79 Å². The van der Waals surface area contributed by atoms with Gasteiger partial charge in [-0.3, -0.25) is 9.59 Å². The van der Waals surface area contributed by atoms with Gasteiger partial charge in [0.2, 0.25) is 5.91 Å². The van der Waals surface area contributed by atoms with E-state index >= 15 is 0 Å². The lowest BCUT2D eigenvalue weighted by molar-refractivity contribution is -0.139. The number of carboxylic acid groups (broad SMARTS) is 1. The highest BCUT2D eigenvalue weighted by molar-refractivity contribution is 5.89. The average molecular weight is 465 g/mol. The number of carboxylic acids is 1. The summed E-state index contributed by atoms with van der Waals surface area (Å²) in [6.07, 6.45) is -1.33. The summed E-state index contributed by atoms with van der Waals surface area (Å²) in [4.78, 5) is 36.6. The average Bonchev–Trinajstić information content (AvgIpc) is 3.04. The second-order valence-corrected chi connectivity index (χ2v) is 10.4. The number of rotatable bonds is 8. The third-order valence-corrected chi connectivity index (χ3v) is 8.13. The van der Waals surface area contributed by atoms with Gasteiger partial charge in [0, 0.05) is 12.5 Å². The van der Waals surface area contributed by atoms with Gasteiger partial charge in [0.1, 0.15) is 12.6 Å². The Balaban J connectivity index is 1.37. The molecule has 0 heterocycles. The fourth-order valence-electron chi connectivity index (χ4n) is 5.34. The van der Waals surface area contributed by atoms with Crippen molar-refractivity contribution in [1.82, 2.24) is 10.6 Å². The SMILES string of the molecule is CC1(C)C(CNC(=O)C(CC(=O)O)NC(=O)OCC2c3ccccc3-c3ccccc32)C1(C)C. The molecular weight excluding hydrogens is 432 g/mol. The smallest absolute Gasteiger partial charge is 0.407 e. The molecule has 1 atom stereocenters. The van der Waals surface area contributed by atoms with Crippen molar-refractivity contribution in [3.05, 3.63) is 59.7 Å². The molecule has 1 fully saturated rings. The van der Waals surface area contributed by atoms with Crippen LogP contribution in [0.25, 0.3) is 11.1 Å². The minimum absolute atomic E-state index is 0.0861. The number of ether oxygens (including phenoxy) is 1. The molecule has 7 heteroatoms. The lowest BCUT2D eigenvalue weighted by atomic mass is 9.98. The Kier molecular flexibility index (Phi) is 6.14. The van der Waals surface area contributed by atoms with Crippen molar-refractivity contribution in [2.75, 3.05) is 13.2 Å². The molecule has 34 heavy (non-hydrogen) atoms. The van der Waals surface area contributed by atoms with Gasteiger partial charge in [0.05, 0.1) is 6.42 Å². The van der Waals surface area contributed by atoms with Gasteiger partial charge in [-0.05, 0) is 39.0 Å². The summed E-state index contributed by atoms with van der Waals surface area (Å²) in [6.45, 7) is 9.11. The molecule has 2 aromatic rings. The van der Waals surface area contributed by atoms with E-state index in [-0.39, 0.29) is 29.3 Å². The topological polar surface area (TPSA) is 105 Å². The molecule has 0 radical (unpaired) electrons. The molecule has 7 nitrogen and oxygen atoms in total. The second-order valence-electron chi connectivity index (χ2n) is 10.4. The van der Waals surface area contributed by atoms with Crippen LogP contribution >= 0.6 is 0 Å². The minimum atomic E-state index is -1.21. The number of alkyl carbamates (subject to hydrolysis) is 1. The molecule has 2 amide bonds. The van der Waals surface area contributed by atoms with E-state index in [9.17, 15) is 19.5 Å². The number of carbonyl (C=O) groups is 3. The number of hydrogen-bond donors (Lipinski definition) is 3. The first-order valence-electron chi connectivity index (χ1n) is 11.6. The minimum Gasteiger partial charge on any atom is -0.481 e. The van der Waals surface area contributed by atoms with Crippen LogP contribution in [0, 0.1) is 16.7 Å². The van der Waals surface area contributed by atoms with E-state index in [2.05, 4.69) is 38.3 Å². The largest absolute Gasteiger partial charge is 0.481 e. The Morgan fingerprint density at radius 3 is 1.97 bits per heavy atom. The number of carbonyl (C=O) groups excluding carboxylic acids is 2. The summed E-state index contributed by atoms with van der Waals surface area (Å²) >= 11 is 0. The highest BCUT2D eigenvalue weighted by Gasteiger charge is 2.64. The van der Waals surface area contributed by atoms with Gasteiger partial charge in [0.15, 0.2) is 0 Å². The normalized spacial score (nSPS) is 18.4. The van der Waals surface area contributed by atoms with Gasteiger partial charge in [0.25, 0.3) is 0 Å². The van der Waals surface area contributed by atoms with Crippen LogP contribution in [-0.4, -0.2) is 42.3 Å². The zero-order valence-corrected chi connectivity index (χ0v) is 20.1. The highest BCUT2D eigenvalue weighted by atomic mass is 16.5. The molecule has 0 bridgehead atoms. The zero-order chi connectivity index (χ0) is 24.7. The molecular formula is C27H32N2O5. The molecule has 4 rings (SSSR count).